The zero-order valence-corrected chi connectivity index (χ0v) is 14.0. The van der Waals surface area contributed by atoms with Gasteiger partial charge < -0.3 is 10.2 Å². The Labute approximate surface area is 140 Å². The fourth-order valence-corrected chi connectivity index (χ4v) is 3.24. The highest BCUT2D eigenvalue weighted by atomic mass is 32.2. The van der Waals surface area contributed by atoms with Crippen LogP contribution in [0.1, 0.15) is 18.4 Å². The van der Waals surface area contributed by atoms with Crippen molar-refractivity contribution in [3.05, 3.63) is 42.2 Å². The van der Waals surface area contributed by atoms with Gasteiger partial charge >= 0.3 is 0 Å². The molecule has 2 heterocycles. The molecule has 1 fully saturated rings. The van der Waals surface area contributed by atoms with Crippen LogP contribution >= 0.6 is 11.8 Å². The van der Waals surface area contributed by atoms with Gasteiger partial charge in [0.25, 0.3) is 0 Å². The molecule has 0 spiro atoms. The summed E-state index contributed by atoms with van der Waals surface area (Å²) in [5, 5.41) is 3.58. The molecule has 3 rings (SSSR count). The number of anilines is 2. The number of carbonyl (C=O) groups excluding carboxylic acids is 1. The Morgan fingerprint density at radius 1 is 1.26 bits per heavy atom. The van der Waals surface area contributed by atoms with Crippen molar-refractivity contribution in [2.45, 2.75) is 24.9 Å². The van der Waals surface area contributed by atoms with Crippen molar-refractivity contribution < 1.29 is 4.79 Å². The topological polar surface area (TPSA) is 58.1 Å². The van der Waals surface area contributed by atoms with E-state index in [1.54, 1.807) is 18.5 Å². The van der Waals surface area contributed by atoms with Gasteiger partial charge in [0.15, 0.2) is 5.16 Å². The van der Waals surface area contributed by atoms with Crippen LogP contribution in [0.2, 0.25) is 0 Å². The van der Waals surface area contributed by atoms with Crippen molar-refractivity contribution >= 4 is 29.0 Å². The summed E-state index contributed by atoms with van der Waals surface area (Å²) < 4.78 is 0. The molecule has 0 radical (unpaired) electrons. The average Bonchev–Trinajstić information content (AvgIpc) is 3.10. The molecule has 0 aliphatic carbocycles. The fraction of sp³-hybridized carbons (Fsp3) is 0.353. The SMILES string of the molecule is Cc1cc(N2CCCC2)ccc1NC(=O)CSc1ncccn1. The van der Waals surface area contributed by atoms with Crippen molar-refractivity contribution in [3.63, 3.8) is 0 Å². The summed E-state index contributed by atoms with van der Waals surface area (Å²) in [6.07, 6.45) is 5.87. The normalized spacial score (nSPS) is 14.0. The van der Waals surface area contributed by atoms with E-state index in [-0.39, 0.29) is 5.91 Å². The maximum Gasteiger partial charge on any atom is 0.234 e. The largest absolute Gasteiger partial charge is 0.372 e. The van der Waals surface area contributed by atoms with Crippen molar-refractivity contribution in [2.75, 3.05) is 29.1 Å². The predicted molar refractivity (Wildman–Crippen MR) is 94.0 cm³/mol. The minimum absolute atomic E-state index is 0.0422. The average molecular weight is 328 g/mol. The molecule has 1 aliphatic heterocycles. The number of thioether (sulfide) groups is 1. The first-order valence-electron chi connectivity index (χ1n) is 7.77. The quantitative estimate of drug-likeness (QED) is 0.675. The van der Waals surface area contributed by atoms with E-state index < -0.39 is 0 Å². The highest BCUT2D eigenvalue weighted by molar-refractivity contribution is 7.99. The highest BCUT2D eigenvalue weighted by Gasteiger charge is 2.13. The molecular formula is C17H20N4OS. The van der Waals surface area contributed by atoms with Gasteiger partial charge in [-0.2, -0.15) is 0 Å². The Morgan fingerprint density at radius 3 is 2.70 bits per heavy atom. The van der Waals surface area contributed by atoms with Crippen LogP contribution in [-0.2, 0) is 4.79 Å². The third-order valence-electron chi connectivity index (χ3n) is 3.83. The number of hydrogen-bond donors (Lipinski definition) is 1. The minimum Gasteiger partial charge on any atom is -0.372 e. The highest BCUT2D eigenvalue weighted by Crippen LogP contribution is 2.25. The molecule has 0 atom stereocenters. The van der Waals surface area contributed by atoms with E-state index in [4.69, 9.17) is 0 Å². The Balaban J connectivity index is 1.57. The lowest BCUT2D eigenvalue weighted by Crippen LogP contribution is -2.18. The lowest BCUT2D eigenvalue weighted by atomic mass is 10.1. The second kappa shape index (κ2) is 7.46. The van der Waals surface area contributed by atoms with Crippen LogP contribution < -0.4 is 10.2 Å². The third kappa shape index (κ3) is 4.22. The zero-order valence-electron chi connectivity index (χ0n) is 13.2. The minimum atomic E-state index is -0.0422. The molecule has 0 unspecified atom stereocenters. The van der Waals surface area contributed by atoms with E-state index in [0.717, 1.165) is 24.3 Å². The summed E-state index contributed by atoms with van der Waals surface area (Å²) >= 11 is 1.33. The first-order valence-corrected chi connectivity index (χ1v) is 8.76. The number of aryl methyl sites for hydroxylation is 1. The Hall–Kier alpha value is -2.08. The molecule has 1 aliphatic rings. The van der Waals surface area contributed by atoms with E-state index in [2.05, 4.69) is 32.3 Å². The summed E-state index contributed by atoms with van der Waals surface area (Å²) in [6.45, 7) is 4.28. The first-order chi connectivity index (χ1) is 11.2. The number of rotatable bonds is 5. The second-order valence-electron chi connectivity index (χ2n) is 5.56. The van der Waals surface area contributed by atoms with E-state index in [0.29, 0.717) is 10.9 Å². The van der Waals surface area contributed by atoms with Crippen molar-refractivity contribution in [1.29, 1.82) is 0 Å². The van der Waals surface area contributed by atoms with Crippen LogP contribution in [0.15, 0.2) is 41.8 Å². The number of hydrogen-bond acceptors (Lipinski definition) is 5. The number of amides is 1. The number of benzene rings is 1. The van der Waals surface area contributed by atoms with Gasteiger partial charge in [0.1, 0.15) is 0 Å². The van der Waals surface area contributed by atoms with Gasteiger partial charge in [0.05, 0.1) is 5.75 Å². The van der Waals surface area contributed by atoms with Crippen molar-refractivity contribution in [3.8, 4) is 0 Å². The van der Waals surface area contributed by atoms with Crippen molar-refractivity contribution in [1.82, 2.24) is 9.97 Å². The van der Waals surface area contributed by atoms with E-state index in [1.165, 1.54) is 30.3 Å². The molecule has 1 aromatic heterocycles. The smallest absolute Gasteiger partial charge is 0.234 e. The van der Waals surface area contributed by atoms with Crippen LogP contribution in [-0.4, -0.2) is 34.7 Å². The molecule has 23 heavy (non-hydrogen) atoms. The lowest BCUT2D eigenvalue weighted by molar-refractivity contribution is -0.113. The van der Waals surface area contributed by atoms with Gasteiger partial charge in [-0.25, -0.2) is 9.97 Å². The van der Waals surface area contributed by atoms with Gasteiger partial charge in [-0.05, 0) is 49.6 Å². The van der Waals surface area contributed by atoms with Gasteiger partial charge in [0, 0.05) is 36.9 Å². The van der Waals surface area contributed by atoms with Crippen LogP contribution in [0, 0.1) is 6.92 Å². The van der Waals surface area contributed by atoms with Gasteiger partial charge in [-0.15, -0.1) is 0 Å². The monoisotopic (exact) mass is 328 g/mol. The Bertz CT molecular complexity index is 672. The number of aromatic nitrogens is 2. The maximum absolute atomic E-state index is 12.1. The molecule has 0 bridgehead atoms. The van der Waals surface area contributed by atoms with Crippen LogP contribution in [0.5, 0.6) is 0 Å². The molecule has 6 heteroatoms. The molecular weight excluding hydrogens is 308 g/mol. The van der Waals surface area contributed by atoms with E-state index >= 15 is 0 Å². The van der Waals surface area contributed by atoms with Gasteiger partial charge in [-0.1, -0.05) is 11.8 Å². The third-order valence-corrected chi connectivity index (χ3v) is 4.71. The zero-order chi connectivity index (χ0) is 16.1. The molecule has 0 saturated carbocycles. The Kier molecular flexibility index (Phi) is 5.12. The molecule has 1 amide bonds. The predicted octanol–water partition coefficient (Wildman–Crippen LogP) is 3.12. The summed E-state index contributed by atoms with van der Waals surface area (Å²) in [7, 11) is 0. The standard InChI is InChI=1S/C17H20N4OS/c1-13-11-14(21-9-2-3-10-21)5-6-15(13)20-16(22)12-23-17-18-7-4-8-19-17/h4-8,11H,2-3,9-10,12H2,1H3,(H,20,22). The Morgan fingerprint density at radius 2 is 2.00 bits per heavy atom. The van der Waals surface area contributed by atoms with E-state index in [9.17, 15) is 4.79 Å². The molecule has 1 saturated heterocycles. The number of nitrogens with one attached hydrogen (secondary N) is 1. The van der Waals surface area contributed by atoms with Gasteiger partial charge in [-0.3, -0.25) is 4.79 Å². The summed E-state index contributed by atoms with van der Waals surface area (Å²) in [5.74, 6) is 0.261. The molecule has 120 valence electrons. The van der Waals surface area contributed by atoms with Crippen LogP contribution in [0.3, 0.4) is 0 Å². The number of carbonyl (C=O) groups is 1. The summed E-state index contributed by atoms with van der Waals surface area (Å²) in [6, 6.07) is 7.98. The lowest BCUT2D eigenvalue weighted by Gasteiger charge is -2.19. The maximum atomic E-state index is 12.1. The van der Waals surface area contributed by atoms with Gasteiger partial charge in [0.2, 0.25) is 5.91 Å². The van der Waals surface area contributed by atoms with Crippen molar-refractivity contribution in [2.24, 2.45) is 0 Å². The van der Waals surface area contributed by atoms with E-state index in [1.807, 2.05) is 13.0 Å². The second-order valence-corrected chi connectivity index (χ2v) is 6.50. The summed E-state index contributed by atoms with van der Waals surface area (Å²) in [4.78, 5) is 22.7. The number of nitrogens with zero attached hydrogens (tertiary/aromatic N) is 3. The fourth-order valence-electron chi connectivity index (χ4n) is 2.64. The first kappa shape index (κ1) is 15.8. The summed E-state index contributed by atoms with van der Waals surface area (Å²) in [5.41, 5.74) is 3.20. The molecule has 5 nitrogen and oxygen atoms in total. The molecule has 2 aromatic rings. The molecule has 1 N–H and O–H groups in total. The van der Waals surface area contributed by atoms with Crippen LogP contribution in [0.25, 0.3) is 0 Å². The molecule has 1 aromatic carbocycles. The van der Waals surface area contributed by atoms with Crippen LogP contribution in [0.4, 0.5) is 11.4 Å².